The van der Waals surface area contributed by atoms with Crippen molar-refractivity contribution in [3.63, 3.8) is 0 Å². The van der Waals surface area contributed by atoms with Crippen LogP contribution >= 0.6 is 0 Å². The highest BCUT2D eigenvalue weighted by Crippen LogP contribution is 2.23. The van der Waals surface area contributed by atoms with Gasteiger partial charge in [-0.3, -0.25) is 0 Å². The van der Waals surface area contributed by atoms with Gasteiger partial charge in [0.15, 0.2) is 0 Å². The molecular formula is C24H22O6. The zero-order valence-electron chi connectivity index (χ0n) is 16.9. The van der Waals surface area contributed by atoms with Crippen molar-refractivity contribution < 1.29 is 18.3 Å². The summed E-state index contributed by atoms with van der Waals surface area (Å²) in [6, 6.07) is 14.0. The molecule has 0 aliphatic heterocycles. The second-order valence-electron chi connectivity index (χ2n) is 7.22. The van der Waals surface area contributed by atoms with Crippen LogP contribution in [0, 0.1) is 13.8 Å². The molecule has 0 saturated carbocycles. The standard InChI is InChI=1S/C24H22O6/c1-15-11-23(25)29-21-13-17(5-7-19(15)21)27-9-3-4-10-28-18-6-8-20-16(2)12-24(26)30-22(20)14-18/h5-8,11-14H,3-4,9-10H2,1-2H3. The van der Waals surface area contributed by atoms with Gasteiger partial charge in [0.05, 0.1) is 13.2 Å². The van der Waals surface area contributed by atoms with Crippen LogP contribution in [0.1, 0.15) is 24.0 Å². The van der Waals surface area contributed by atoms with Gasteiger partial charge in [-0.15, -0.1) is 0 Å². The Kier molecular flexibility index (Phi) is 5.57. The van der Waals surface area contributed by atoms with E-state index in [2.05, 4.69) is 0 Å². The van der Waals surface area contributed by atoms with Crippen LogP contribution in [-0.2, 0) is 0 Å². The van der Waals surface area contributed by atoms with Crippen LogP contribution in [0.4, 0.5) is 0 Å². The maximum Gasteiger partial charge on any atom is 0.336 e. The number of fused-ring (bicyclic) bond motifs is 2. The topological polar surface area (TPSA) is 78.9 Å². The van der Waals surface area contributed by atoms with Crippen LogP contribution in [-0.4, -0.2) is 13.2 Å². The summed E-state index contributed by atoms with van der Waals surface area (Å²) in [5.74, 6) is 1.33. The van der Waals surface area contributed by atoms with E-state index in [1.807, 2.05) is 38.1 Å². The van der Waals surface area contributed by atoms with E-state index in [9.17, 15) is 9.59 Å². The van der Waals surface area contributed by atoms with Gasteiger partial charge in [-0.1, -0.05) is 0 Å². The Balaban J connectivity index is 1.28. The van der Waals surface area contributed by atoms with Crippen molar-refractivity contribution in [2.45, 2.75) is 26.7 Å². The quantitative estimate of drug-likeness (QED) is 0.325. The van der Waals surface area contributed by atoms with Crippen LogP contribution < -0.4 is 20.7 Å². The molecule has 6 heteroatoms. The molecule has 2 aromatic heterocycles. The number of rotatable bonds is 7. The smallest absolute Gasteiger partial charge is 0.336 e. The third kappa shape index (κ3) is 4.38. The lowest BCUT2D eigenvalue weighted by atomic mass is 10.1. The molecule has 0 amide bonds. The van der Waals surface area contributed by atoms with E-state index in [0.717, 1.165) is 34.7 Å². The molecule has 0 unspecified atom stereocenters. The summed E-state index contributed by atoms with van der Waals surface area (Å²) in [7, 11) is 0. The van der Waals surface area contributed by atoms with Gasteiger partial charge in [0.1, 0.15) is 22.7 Å². The summed E-state index contributed by atoms with van der Waals surface area (Å²) in [5.41, 5.74) is 2.09. The molecule has 0 bridgehead atoms. The van der Waals surface area contributed by atoms with Crippen LogP contribution in [0.2, 0.25) is 0 Å². The summed E-state index contributed by atoms with van der Waals surface area (Å²) in [6.07, 6.45) is 1.61. The molecule has 4 rings (SSSR count). The Bertz CT molecular complexity index is 1210. The normalized spacial score (nSPS) is 11.1. The van der Waals surface area contributed by atoms with E-state index in [-0.39, 0.29) is 11.3 Å². The van der Waals surface area contributed by atoms with Crippen molar-refractivity contribution in [3.05, 3.63) is 80.5 Å². The number of hydrogen-bond donors (Lipinski definition) is 0. The van der Waals surface area contributed by atoms with Crippen molar-refractivity contribution in [1.29, 1.82) is 0 Å². The van der Waals surface area contributed by atoms with Gasteiger partial charge >= 0.3 is 11.3 Å². The molecule has 0 spiro atoms. The first-order valence-corrected chi connectivity index (χ1v) is 9.84. The van der Waals surface area contributed by atoms with E-state index in [4.69, 9.17) is 18.3 Å². The monoisotopic (exact) mass is 406 g/mol. The summed E-state index contributed by atoms with van der Waals surface area (Å²) < 4.78 is 22.0. The van der Waals surface area contributed by atoms with Gasteiger partial charge in [0, 0.05) is 35.0 Å². The Hall–Kier alpha value is -3.54. The van der Waals surface area contributed by atoms with E-state index in [0.29, 0.717) is 35.9 Å². The van der Waals surface area contributed by atoms with Crippen LogP contribution in [0.25, 0.3) is 21.9 Å². The summed E-state index contributed by atoms with van der Waals surface area (Å²) >= 11 is 0. The van der Waals surface area contributed by atoms with Gasteiger partial charge in [0.25, 0.3) is 0 Å². The molecule has 0 aliphatic carbocycles. The van der Waals surface area contributed by atoms with Crippen molar-refractivity contribution in [2.24, 2.45) is 0 Å². The largest absolute Gasteiger partial charge is 0.493 e. The molecule has 2 heterocycles. The highest BCUT2D eigenvalue weighted by molar-refractivity contribution is 5.81. The molecule has 0 aliphatic rings. The minimum absolute atomic E-state index is 0.363. The van der Waals surface area contributed by atoms with E-state index in [1.54, 1.807) is 12.1 Å². The highest BCUT2D eigenvalue weighted by Gasteiger charge is 2.05. The van der Waals surface area contributed by atoms with Gasteiger partial charge in [-0.25, -0.2) is 9.59 Å². The third-order valence-corrected chi connectivity index (χ3v) is 4.92. The molecule has 0 radical (unpaired) electrons. The predicted molar refractivity (Wildman–Crippen MR) is 115 cm³/mol. The summed E-state index contributed by atoms with van der Waals surface area (Å²) in [6.45, 7) is 4.81. The second-order valence-corrected chi connectivity index (χ2v) is 7.22. The first-order chi connectivity index (χ1) is 14.5. The number of ether oxygens (including phenoxy) is 2. The van der Waals surface area contributed by atoms with Gasteiger partial charge in [0.2, 0.25) is 0 Å². The molecule has 0 fully saturated rings. The van der Waals surface area contributed by atoms with Gasteiger partial charge in [-0.2, -0.15) is 0 Å². The number of unbranched alkanes of at least 4 members (excludes halogenated alkanes) is 1. The average Bonchev–Trinajstić information content (AvgIpc) is 2.69. The second kappa shape index (κ2) is 8.45. The minimum Gasteiger partial charge on any atom is -0.493 e. The zero-order valence-corrected chi connectivity index (χ0v) is 16.9. The van der Waals surface area contributed by atoms with Gasteiger partial charge in [-0.05, 0) is 62.1 Å². The van der Waals surface area contributed by atoms with Crippen LogP contribution in [0.15, 0.2) is 67.0 Å². The molecule has 154 valence electrons. The number of aryl methyl sites for hydroxylation is 2. The lowest BCUT2D eigenvalue weighted by Gasteiger charge is -2.09. The Morgan fingerprint density at radius 3 is 1.53 bits per heavy atom. The molecule has 30 heavy (non-hydrogen) atoms. The minimum atomic E-state index is -0.363. The molecular weight excluding hydrogens is 384 g/mol. The molecule has 4 aromatic rings. The lowest BCUT2D eigenvalue weighted by Crippen LogP contribution is -2.03. The summed E-state index contributed by atoms with van der Waals surface area (Å²) in [4.78, 5) is 23.1. The highest BCUT2D eigenvalue weighted by atomic mass is 16.5. The molecule has 6 nitrogen and oxygen atoms in total. The number of hydrogen-bond acceptors (Lipinski definition) is 6. The first-order valence-electron chi connectivity index (χ1n) is 9.84. The predicted octanol–water partition coefficient (Wildman–Crippen LogP) is 4.75. The molecule has 2 aromatic carbocycles. The van der Waals surface area contributed by atoms with Crippen molar-refractivity contribution in [3.8, 4) is 11.5 Å². The van der Waals surface area contributed by atoms with E-state index in [1.165, 1.54) is 12.1 Å². The van der Waals surface area contributed by atoms with E-state index < -0.39 is 0 Å². The Morgan fingerprint density at radius 2 is 1.10 bits per heavy atom. The maximum absolute atomic E-state index is 11.5. The van der Waals surface area contributed by atoms with E-state index >= 15 is 0 Å². The first kappa shape index (κ1) is 19.8. The fraction of sp³-hybridized carbons (Fsp3) is 0.250. The summed E-state index contributed by atoms with van der Waals surface area (Å²) in [5, 5.41) is 1.80. The fourth-order valence-corrected chi connectivity index (χ4v) is 3.37. The van der Waals surface area contributed by atoms with Crippen molar-refractivity contribution in [1.82, 2.24) is 0 Å². The SMILES string of the molecule is Cc1cc(=O)oc2cc(OCCCCOc3ccc4c(C)cc(=O)oc4c3)ccc12. The Labute approximate surface area is 172 Å². The van der Waals surface area contributed by atoms with Crippen molar-refractivity contribution >= 4 is 21.9 Å². The average molecular weight is 406 g/mol. The zero-order chi connectivity index (χ0) is 21.1. The third-order valence-electron chi connectivity index (χ3n) is 4.92. The van der Waals surface area contributed by atoms with Crippen molar-refractivity contribution in [2.75, 3.05) is 13.2 Å². The maximum atomic E-state index is 11.5. The van der Waals surface area contributed by atoms with Crippen LogP contribution in [0.3, 0.4) is 0 Å². The molecule has 0 N–H and O–H groups in total. The Morgan fingerprint density at radius 1 is 0.667 bits per heavy atom. The lowest BCUT2D eigenvalue weighted by molar-refractivity contribution is 0.266. The molecule has 0 saturated heterocycles. The van der Waals surface area contributed by atoms with Gasteiger partial charge < -0.3 is 18.3 Å². The molecule has 0 atom stereocenters. The number of benzene rings is 2. The van der Waals surface area contributed by atoms with Crippen LogP contribution in [0.5, 0.6) is 11.5 Å². The fourth-order valence-electron chi connectivity index (χ4n) is 3.37.